The normalized spacial score (nSPS) is 21.8. The van der Waals surface area contributed by atoms with Crippen LogP contribution in [0.2, 0.25) is 0 Å². The van der Waals surface area contributed by atoms with Crippen molar-refractivity contribution in [2.75, 3.05) is 0 Å². The van der Waals surface area contributed by atoms with Crippen molar-refractivity contribution in [2.24, 2.45) is 0 Å². The van der Waals surface area contributed by atoms with Gasteiger partial charge in [0.25, 0.3) is 0 Å². The molecule has 1 heterocycles. The molecule has 1 atom stereocenters. The first-order chi connectivity index (χ1) is 9.65. The Kier molecular flexibility index (Phi) is 3.31. The number of rotatable bonds is 3. The number of nitrogens with one attached hydrogen (secondary N) is 1. The van der Waals surface area contributed by atoms with Gasteiger partial charge < -0.3 is 5.32 Å². The van der Waals surface area contributed by atoms with E-state index in [1.165, 1.54) is 16.7 Å². The number of carbonyl (C=O) groups is 1. The summed E-state index contributed by atoms with van der Waals surface area (Å²) in [6, 6.07) is 19.0. The number of hydrogen-bond acceptors (Lipinski definition) is 1. The molecule has 20 heavy (non-hydrogen) atoms. The van der Waals surface area contributed by atoms with Crippen LogP contribution in [0.3, 0.4) is 0 Å². The zero-order chi connectivity index (χ0) is 14.0. The van der Waals surface area contributed by atoms with Crippen LogP contribution in [-0.4, -0.2) is 11.4 Å². The van der Waals surface area contributed by atoms with E-state index >= 15 is 0 Å². The Bertz CT molecular complexity index is 603. The molecule has 0 spiro atoms. The van der Waals surface area contributed by atoms with E-state index in [2.05, 4.69) is 60.8 Å². The molecule has 2 aromatic carbocycles. The maximum absolute atomic E-state index is 11.4. The van der Waals surface area contributed by atoms with Gasteiger partial charge in [-0.15, -0.1) is 0 Å². The minimum absolute atomic E-state index is 0.0780. The summed E-state index contributed by atoms with van der Waals surface area (Å²) in [6.07, 6.45) is 2.47. The smallest absolute Gasteiger partial charge is 0.220 e. The third-order valence-electron chi connectivity index (χ3n) is 4.00. The third kappa shape index (κ3) is 2.74. The molecule has 0 aliphatic carbocycles. The second-order valence-electron chi connectivity index (χ2n) is 5.85. The quantitative estimate of drug-likeness (QED) is 0.903. The summed E-state index contributed by atoms with van der Waals surface area (Å²) in [6.45, 7) is 2.13. The Morgan fingerprint density at radius 3 is 2.25 bits per heavy atom. The molecule has 1 saturated heterocycles. The van der Waals surface area contributed by atoms with Crippen LogP contribution >= 0.6 is 0 Å². The average Bonchev–Trinajstić information content (AvgIpc) is 2.80. The van der Waals surface area contributed by atoms with Gasteiger partial charge in [0, 0.05) is 12.0 Å². The van der Waals surface area contributed by atoms with E-state index in [1.54, 1.807) is 0 Å². The van der Waals surface area contributed by atoms with Crippen molar-refractivity contribution < 1.29 is 4.79 Å². The van der Waals surface area contributed by atoms with Crippen molar-refractivity contribution in [3.8, 4) is 11.1 Å². The van der Waals surface area contributed by atoms with E-state index in [4.69, 9.17) is 0 Å². The van der Waals surface area contributed by atoms with Crippen LogP contribution in [0.25, 0.3) is 11.1 Å². The third-order valence-corrected chi connectivity index (χ3v) is 4.00. The van der Waals surface area contributed by atoms with Crippen molar-refractivity contribution >= 4 is 5.91 Å². The SMILES string of the molecule is CC1(Cc2ccc(-c3ccccc3)cc2)CCC(=O)N1. The van der Waals surface area contributed by atoms with Gasteiger partial charge in [-0.1, -0.05) is 54.6 Å². The highest BCUT2D eigenvalue weighted by molar-refractivity contribution is 5.79. The molecular weight excluding hydrogens is 246 g/mol. The Hall–Kier alpha value is -2.09. The molecule has 1 N–H and O–H groups in total. The highest BCUT2D eigenvalue weighted by Crippen LogP contribution is 2.26. The van der Waals surface area contributed by atoms with E-state index < -0.39 is 0 Å². The predicted octanol–water partition coefficient (Wildman–Crippen LogP) is 3.56. The van der Waals surface area contributed by atoms with E-state index in [0.29, 0.717) is 6.42 Å². The van der Waals surface area contributed by atoms with Crippen LogP contribution < -0.4 is 5.32 Å². The molecule has 102 valence electrons. The maximum Gasteiger partial charge on any atom is 0.220 e. The van der Waals surface area contributed by atoms with Crippen LogP contribution in [0.5, 0.6) is 0 Å². The molecule has 1 aliphatic heterocycles. The molecule has 3 rings (SSSR count). The van der Waals surface area contributed by atoms with E-state index in [1.807, 2.05) is 6.07 Å². The Morgan fingerprint density at radius 1 is 1.00 bits per heavy atom. The Labute approximate surface area is 119 Å². The molecule has 1 amide bonds. The minimum atomic E-state index is -0.0780. The Balaban J connectivity index is 1.75. The monoisotopic (exact) mass is 265 g/mol. The van der Waals surface area contributed by atoms with Gasteiger partial charge >= 0.3 is 0 Å². The van der Waals surface area contributed by atoms with Gasteiger partial charge in [-0.25, -0.2) is 0 Å². The lowest BCUT2D eigenvalue weighted by Gasteiger charge is -2.24. The number of amides is 1. The standard InChI is InChI=1S/C18H19NO/c1-18(12-11-17(20)19-18)13-14-7-9-16(10-8-14)15-5-3-2-4-6-15/h2-10H,11-13H2,1H3,(H,19,20). The summed E-state index contributed by atoms with van der Waals surface area (Å²) in [5.41, 5.74) is 3.66. The second kappa shape index (κ2) is 5.12. The van der Waals surface area contributed by atoms with Crippen molar-refractivity contribution in [3.05, 3.63) is 60.2 Å². The lowest BCUT2D eigenvalue weighted by Crippen LogP contribution is -2.40. The molecule has 0 bridgehead atoms. The van der Waals surface area contributed by atoms with Crippen LogP contribution in [0.15, 0.2) is 54.6 Å². The summed E-state index contributed by atoms with van der Waals surface area (Å²) in [7, 11) is 0. The predicted molar refractivity (Wildman–Crippen MR) is 81.4 cm³/mol. The zero-order valence-electron chi connectivity index (χ0n) is 11.7. The summed E-state index contributed by atoms with van der Waals surface area (Å²) in [5.74, 6) is 0.174. The van der Waals surface area contributed by atoms with E-state index in [-0.39, 0.29) is 11.4 Å². The fourth-order valence-corrected chi connectivity index (χ4v) is 2.88. The topological polar surface area (TPSA) is 29.1 Å². The Morgan fingerprint density at radius 2 is 1.65 bits per heavy atom. The molecular formula is C18H19NO. The first-order valence-corrected chi connectivity index (χ1v) is 7.10. The summed E-state index contributed by atoms with van der Waals surface area (Å²) in [5, 5.41) is 3.09. The zero-order valence-corrected chi connectivity index (χ0v) is 11.7. The molecule has 1 fully saturated rings. The summed E-state index contributed by atoms with van der Waals surface area (Å²) < 4.78 is 0. The molecule has 2 aromatic rings. The van der Waals surface area contributed by atoms with Crippen LogP contribution in [-0.2, 0) is 11.2 Å². The van der Waals surface area contributed by atoms with E-state index in [0.717, 1.165) is 12.8 Å². The second-order valence-corrected chi connectivity index (χ2v) is 5.85. The first-order valence-electron chi connectivity index (χ1n) is 7.10. The molecule has 0 aromatic heterocycles. The van der Waals surface area contributed by atoms with Gasteiger partial charge in [0.05, 0.1) is 0 Å². The van der Waals surface area contributed by atoms with Gasteiger partial charge in [0.15, 0.2) is 0 Å². The number of hydrogen-bond donors (Lipinski definition) is 1. The van der Waals surface area contributed by atoms with Crippen molar-refractivity contribution in [3.63, 3.8) is 0 Å². The van der Waals surface area contributed by atoms with Crippen molar-refractivity contribution in [2.45, 2.75) is 31.7 Å². The fourth-order valence-electron chi connectivity index (χ4n) is 2.88. The van der Waals surface area contributed by atoms with Crippen LogP contribution in [0.4, 0.5) is 0 Å². The van der Waals surface area contributed by atoms with Gasteiger partial charge in [0.2, 0.25) is 5.91 Å². The number of benzene rings is 2. The largest absolute Gasteiger partial charge is 0.351 e. The van der Waals surface area contributed by atoms with Crippen molar-refractivity contribution in [1.82, 2.24) is 5.32 Å². The lowest BCUT2D eigenvalue weighted by molar-refractivity contribution is -0.119. The number of carbonyl (C=O) groups excluding carboxylic acids is 1. The molecule has 0 saturated carbocycles. The summed E-state index contributed by atoms with van der Waals surface area (Å²) in [4.78, 5) is 11.4. The fraction of sp³-hybridized carbons (Fsp3) is 0.278. The molecule has 1 unspecified atom stereocenters. The minimum Gasteiger partial charge on any atom is -0.351 e. The average molecular weight is 265 g/mol. The summed E-state index contributed by atoms with van der Waals surface area (Å²) >= 11 is 0. The van der Waals surface area contributed by atoms with Crippen LogP contribution in [0.1, 0.15) is 25.3 Å². The van der Waals surface area contributed by atoms with E-state index in [9.17, 15) is 4.79 Å². The van der Waals surface area contributed by atoms with Crippen molar-refractivity contribution in [1.29, 1.82) is 0 Å². The first kappa shape index (κ1) is 12.9. The highest BCUT2D eigenvalue weighted by Gasteiger charge is 2.32. The van der Waals surface area contributed by atoms with Gasteiger partial charge in [-0.2, -0.15) is 0 Å². The molecule has 1 aliphatic rings. The molecule has 0 radical (unpaired) electrons. The van der Waals surface area contributed by atoms with Gasteiger partial charge in [0.1, 0.15) is 0 Å². The van der Waals surface area contributed by atoms with Crippen LogP contribution in [0, 0.1) is 0 Å². The lowest BCUT2D eigenvalue weighted by atomic mass is 9.90. The molecule has 2 heteroatoms. The van der Waals surface area contributed by atoms with Gasteiger partial charge in [-0.05, 0) is 36.5 Å². The molecule has 2 nitrogen and oxygen atoms in total. The van der Waals surface area contributed by atoms with Gasteiger partial charge in [-0.3, -0.25) is 4.79 Å². The highest BCUT2D eigenvalue weighted by atomic mass is 16.2. The maximum atomic E-state index is 11.4.